The van der Waals surface area contributed by atoms with Crippen LogP contribution < -0.4 is 26.6 Å². The number of carboxylic acids is 4. The summed E-state index contributed by atoms with van der Waals surface area (Å²) in [5, 5.41) is 40.9. The maximum absolute atomic E-state index is 10.2. The first-order valence-corrected chi connectivity index (χ1v) is 34.5. The molecule has 0 aromatic rings. The largest absolute Gasteiger partial charge is 4.00 e. The number of allylic oxidation sites excluding steroid dienone is 8. The summed E-state index contributed by atoms with van der Waals surface area (Å²) >= 11 is 0. The van der Waals surface area contributed by atoms with Crippen LogP contribution in [0.25, 0.3) is 0 Å². The van der Waals surface area contributed by atoms with E-state index in [9.17, 15) is 39.6 Å². The van der Waals surface area contributed by atoms with E-state index in [4.69, 9.17) is 0 Å². The van der Waals surface area contributed by atoms with Gasteiger partial charge in [0.25, 0.3) is 0 Å². The SMILES string of the molecule is CCCCCCCC/C=C\CCCCCCCC(=O)[O-].CCCCCCCC/C=C\CCCCCCCC(=O)[O-].CCCCCCCC/C=C\CCCCCCCC(=O)[O-].CCCCCCCC/C=C\CCCCCCCC(=O)[O-].N.[Pt+4]. The first-order chi connectivity index (χ1) is 39.1. The molecule has 3 N–H and O–H groups in total. The van der Waals surface area contributed by atoms with Crippen molar-refractivity contribution in [2.75, 3.05) is 0 Å². The Bertz CT molecular complexity index is 1150. The molecule has 0 saturated heterocycles. The Labute approximate surface area is 523 Å². The Hall–Kier alpha value is -2.51. The van der Waals surface area contributed by atoms with E-state index >= 15 is 0 Å². The van der Waals surface area contributed by atoms with Gasteiger partial charge in [0.2, 0.25) is 0 Å². The van der Waals surface area contributed by atoms with Gasteiger partial charge in [-0.2, -0.15) is 0 Å². The monoisotopic (exact) mass is 1340 g/mol. The van der Waals surface area contributed by atoms with Gasteiger partial charge in [-0.05, 0) is 154 Å². The van der Waals surface area contributed by atoms with E-state index in [0.29, 0.717) is 0 Å². The molecule has 486 valence electrons. The Morgan fingerprint density at radius 2 is 0.317 bits per heavy atom. The van der Waals surface area contributed by atoms with Crippen molar-refractivity contribution in [2.24, 2.45) is 0 Å². The molecule has 10 heteroatoms. The Balaban J connectivity index is -0.000000233. The Morgan fingerprint density at radius 3 is 0.439 bits per heavy atom. The van der Waals surface area contributed by atoms with Crippen molar-refractivity contribution >= 4 is 23.9 Å². The van der Waals surface area contributed by atoms with E-state index in [1.54, 1.807) is 0 Å². The van der Waals surface area contributed by atoms with E-state index in [2.05, 4.69) is 76.3 Å². The third kappa shape index (κ3) is 106. The summed E-state index contributed by atoms with van der Waals surface area (Å²) in [7, 11) is 0. The maximum Gasteiger partial charge on any atom is 4.00 e. The van der Waals surface area contributed by atoms with Crippen LogP contribution in [0.5, 0.6) is 0 Å². The molecule has 0 amide bonds. The second-order valence-electron chi connectivity index (χ2n) is 22.8. The van der Waals surface area contributed by atoms with Crippen molar-refractivity contribution < 1.29 is 60.7 Å². The van der Waals surface area contributed by atoms with E-state index in [1.165, 1.54) is 257 Å². The first-order valence-electron chi connectivity index (χ1n) is 34.5. The topological polar surface area (TPSA) is 196 Å². The minimum Gasteiger partial charge on any atom is -0.550 e. The van der Waals surface area contributed by atoms with Crippen LogP contribution >= 0.6 is 0 Å². The van der Waals surface area contributed by atoms with Crippen LogP contribution in [0.3, 0.4) is 0 Å². The second kappa shape index (κ2) is 87.3. The summed E-state index contributed by atoms with van der Waals surface area (Å²) in [4.78, 5) is 40.9. The molecule has 0 aromatic carbocycles. The molecule has 0 aromatic heterocycles. The molecular formula is C72H135NO8Pt. The minimum absolute atomic E-state index is 0. The smallest absolute Gasteiger partial charge is 0.550 e. The fraction of sp³-hybridized carbons (Fsp3) is 0.833. The zero-order valence-electron chi connectivity index (χ0n) is 54.5. The van der Waals surface area contributed by atoms with Crippen LogP contribution in [0.4, 0.5) is 0 Å². The Morgan fingerprint density at radius 1 is 0.207 bits per heavy atom. The molecule has 0 unspecified atom stereocenters. The molecule has 0 radical (unpaired) electrons. The van der Waals surface area contributed by atoms with Crippen molar-refractivity contribution in [2.45, 2.75) is 387 Å². The summed E-state index contributed by atoms with van der Waals surface area (Å²) in [6.45, 7) is 9.02. The fourth-order valence-corrected chi connectivity index (χ4v) is 9.36. The van der Waals surface area contributed by atoms with Crippen LogP contribution in [0, 0.1) is 0 Å². The second-order valence-corrected chi connectivity index (χ2v) is 22.8. The van der Waals surface area contributed by atoms with Gasteiger partial charge in [-0.25, -0.2) is 0 Å². The van der Waals surface area contributed by atoms with Crippen molar-refractivity contribution in [3.05, 3.63) is 48.6 Å². The van der Waals surface area contributed by atoms with Crippen LogP contribution in [-0.2, 0) is 40.2 Å². The average molecular weight is 1340 g/mol. The van der Waals surface area contributed by atoms with Gasteiger partial charge in [-0.15, -0.1) is 0 Å². The molecule has 0 spiro atoms. The molecule has 0 saturated carbocycles. The number of unbranched alkanes of at least 4 members (excludes halogenated alkanes) is 44. The zero-order valence-corrected chi connectivity index (χ0v) is 56.8. The van der Waals surface area contributed by atoms with Crippen molar-refractivity contribution in [3.8, 4) is 0 Å². The Kier molecular flexibility index (Phi) is 96.5. The van der Waals surface area contributed by atoms with E-state index in [0.717, 1.165) is 77.0 Å². The normalized spacial score (nSPS) is 11.0. The van der Waals surface area contributed by atoms with Gasteiger partial charge in [0, 0.05) is 23.9 Å². The van der Waals surface area contributed by atoms with Gasteiger partial charge in [0.1, 0.15) is 0 Å². The molecule has 0 aliphatic rings. The quantitative estimate of drug-likeness (QED) is 0.0455. The zero-order chi connectivity index (χ0) is 59.6. The van der Waals surface area contributed by atoms with Gasteiger partial charge < -0.3 is 45.8 Å². The number of carboxylic acid groups (broad SMARTS) is 4. The van der Waals surface area contributed by atoms with Crippen molar-refractivity contribution in [1.29, 1.82) is 0 Å². The minimum atomic E-state index is -0.914. The van der Waals surface area contributed by atoms with Crippen LogP contribution in [-0.4, -0.2) is 23.9 Å². The number of aliphatic carboxylic acids is 4. The predicted molar refractivity (Wildman–Crippen MR) is 343 cm³/mol. The summed E-state index contributed by atoms with van der Waals surface area (Å²) in [5.74, 6) is -3.66. The fourth-order valence-electron chi connectivity index (χ4n) is 9.36. The third-order valence-corrected chi connectivity index (χ3v) is 14.6. The molecular weight excluding hydrogens is 1200 g/mol. The van der Waals surface area contributed by atoms with E-state index < -0.39 is 23.9 Å². The van der Waals surface area contributed by atoms with E-state index in [1.807, 2.05) is 0 Å². The molecule has 82 heavy (non-hydrogen) atoms. The standard InChI is InChI=1S/4C18H34O2.H3N.Pt/c4*1-2-3-4-5-6-7-8-9-10-11-12-13-14-15-16-17-18(19)20;;/h4*9-10H,2-8,11-17H2,1H3,(H,19,20);1H3;/q;;;;;+4/p-4/b4*10-9-;;. The van der Waals surface area contributed by atoms with Gasteiger partial charge in [0.15, 0.2) is 0 Å². The molecule has 0 heterocycles. The maximum atomic E-state index is 10.2. The molecule has 0 aliphatic heterocycles. The summed E-state index contributed by atoms with van der Waals surface area (Å²) in [6, 6.07) is 0. The van der Waals surface area contributed by atoms with Crippen LogP contribution in [0.2, 0.25) is 0 Å². The van der Waals surface area contributed by atoms with Crippen molar-refractivity contribution in [3.63, 3.8) is 0 Å². The van der Waals surface area contributed by atoms with E-state index in [-0.39, 0.29) is 52.9 Å². The molecule has 0 bridgehead atoms. The molecule has 9 nitrogen and oxygen atoms in total. The summed E-state index contributed by atoms with van der Waals surface area (Å²) in [6.07, 6.45) is 83.6. The van der Waals surface area contributed by atoms with Crippen LogP contribution in [0.15, 0.2) is 48.6 Å². The average Bonchev–Trinajstić information content (AvgIpc) is 3.43. The molecule has 0 aliphatic carbocycles. The third-order valence-electron chi connectivity index (χ3n) is 14.6. The van der Waals surface area contributed by atoms with Gasteiger partial charge in [-0.3, -0.25) is 0 Å². The molecule has 0 atom stereocenters. The van der Waals surface area contributed by atoms with Crippen LogP contribution in [0.1, 0.15) is 387 Å². The number of hydrogen-bond donors (Lipinski definition) is 1. The van der Waals surface area contributed by atoms with Crippen molar-refractivity contribution in [1.82, 2.24) is 6.15 Å². The number of rotatable bonds is 60. The molecule has 0 fully saturated rings. The van der Waals surface area contributed by atoms with Gasteiger partial charge >= 0.3 is 21.1 Å². The summed E-state index contributed by atoms with van der Waals surface area (Å²) in [5.41, 5.74) is 0. The number of carbonyl (C=O) groups is 4. The van der Waals surface area contributed by atoms with Gasteiger partial charge in [0.05, 0.1) is 0 Å². The first kappa shape index (κ1) is 90.7. The van der Waals surface area contributed by atoms with Gasteiger partial charge in [-0.1, -0.05) is 282 Å². The predicted octanol–water partition coefficient (Wildman–Crippen LogP) is 19.3. The summed E-state index contributed by atoms with van der Waals surface area (Å²) < 4.78 is 0. The number of carbonyl (C=O) groups excluding carboxylic acids is 4. The molecule has 0 rings (SSSR count). The number of hydrogen-bond acceptors (Lipinski definition) is 9.